The van der Waals surface area contributed by atoms with Gasteiger partial charge in [-0.1, -0.05) is 23.7 Å². The van der Waals surface area contributed by atoms with Crippen LogP contribution in [0.25, 0.3) is 5.95 Å². The normalized spacial score (nSPS) is 16.5. The smallest absolute Gasteiger partial charge is 0.251 e. The highest BCUT2D eigenvalue weighted by Crippen LogP contribution is 2.25. The maximum absolute atomic E-state index is 13.1. The molecule has 162 valence electrons. The first-order chi connectivity index (χ1) is 14.8. The molecule has 2 aromatic heterocycles. The number of aryl methyl sites for hydroxylation is 3. The fraction of sp³-hybridized carbons (Fsp3) is 0.391. The summed E-state index contributed by atoms with van der Waals surface area (Å²) < 4.78 is 7.63. The number of amides is 1. The zero-order valence-corrected chi connectivity index (χ0v) is 19.0. The second-order valence-corrected chi connectivity index (χ2v) is 8.38. The largest absolute Gasteiger partial charge is 0.370 e. The molecule has 0 spiro atoms. The van der Waals surface area contributed by atoms with E-state index in [1.54, 1.807) is 4.68 Å². The molecule has 7 nitrogen and oxygen atoms in total. The molecule has 1 unspecified atom stereocenters. The molecule has 0 aliphatic carbocycles. The second kappa shape index (κ2) is 8.77. The Labute approximate surface area is 187 Å². The van der Waals surface area contributed by atoms with Crippen molar-refractivity contribution in [3.8, 4) is 5.95 Å². The van der Waals surface area contributed by atoms with E-state index in [4.69, 9.17) is 16.3 Å². The second-order valence-electron chi connectivity index (χ2n) is 7.94. The van der Waals surface area contributed by atoms with E-state index in [1.165, 1.54) is 0 Å². The van der Waals surface area contributed by atoms with E-state index in [9.17, 15) is 4.79 Å². The van der Waals surface area contributed by atoms with Gasteiger partial charge < -0.3 is 9.64 Å². The van der Waals surface area contributed by atoms with Gasteiger partial charge in [0.15, 0.2) is 0 Å². The van der Waals surface area contributed by atoms with Crippen molar-refractivity contribution in [2.75, 3.05) is 19.7 Å². The molecule has 0 saturated carbocycles. The fourth-order valence-electron chi connectivity index (χ4n) is 3.95. The van der Waals surface area contributed by atoms with Crippen LogP contribution in [-0.2, 0) is 16.0 Å². The van der Waals surface area contributed by atoms with Crippen molar-refractivity contribution in [1.82, 2.24) is 24.6 Å². The summed E-state index contributed by atoms with van der Waals surface area (Å²) >= 11 is 5.99. The third-order valence-electron chi connectivity index (χ3n) is 5.59. The summed E-state index contributed by atoms with van der Waals surface area (Å²) in [4.78, 5) is 24.0. The molecule has 4 rings (SSSR count). The van der Waals surface area contributed by atoms with Gasteiger partial charge in [0, 0.05) is 34.2 Å². The zero-order valence-electron chi connectivity index (χ0n) is 18.2. The van der Waals surface area contributed by atoms with E-state index < -0.39 is 0 Å². The molecule has 1 aliphatic rings. The molecule has 1 fully saturated rings. The number of halogens is 1. The summed E-state index contributed by atoms with van der Waals surface area (Å²) in [6, 6.07) is 9.51. The van der Waals surface area contributed by atoms with Crippen LogP contribution >= 0.6 is 11.6 Å². The average molecular weight is 440 g/mol. The summed E-state index contributed by atoms with van der Waals surface area (Å²) in [5, 5.41) is 5.30. The molecular weight excluding hydrogens is 414 g/mol. The number of ether oxygens (including phenoxy) is 1. The third-order valence-corrected chi connectivity index (χ3v) is 5.84. The lowest BCUT2D eigenvalue weighted by Gasteiger charge is -2.33. The van der Waals surface area contributed by atoms with Crippen LogP contribution in [0.4, 0.5) is 0 Å². The highest BCUT2D eigenvalue weighted by atomic mass is 35.5. The van der Waals surface area contributed by atoms with Crippen molar-refractivity contribution in [2.45, 2.75) is 40.2 Å². The first-order valence-electron chi connectivity index (χ1n) is 10.3. The van der Waals surface area contributed by atoms with E-state index in [0.717, 1.165) is 33.9 Å². The van der Waals surface area contributed by atoms with Crippen LogP contribution in [0.3, 0.4) is 0 Å². The van der Waals surface area contributed by atoms with Crippen molar-refractivity contribution >= 4 is 17.5 Å². The third kappa shape index (κ3) is 4.62. The molecule has 1 amide bonds. The van der Waals surface area contributed by atoms with Crippen LogP contribution < -0.4 is 0 Å². The lowest BCUT2D eigenvalue weighted by atomic mass is 10.1. The lowest BCUT2D eigenvalue weighted by molar-refractivity contribution is -0.138. The van der Waals surface area contributed by atoms with Crippen molar-refractivity contribution in [3.63, 3.8) is 0 Å². The van der Waals surface area contributed by atoms with Crippen LogP contribution in [-0.4, -0.2) is 50.3 Å². The highest BCUT2D eigenvalue weighted by Gasteiger charge is 2.27. The van der Waals surface area contributed by atoms with E-state index in [-0.39, 0.29) is 18.4 Å². The number of aromatic nitrogens is 4. The average Bonchev–Trinajstić information content (AvgIpc) is 3.02. The Hall–Kier alpha value is -2.77. The Morgan fingerprint density at radius 3 is 2.48 bits per heavy atom. The number of hydrogen-bond acceptors (Lipinski definition) is 5. The molecule has 8 heteroatoms. The predicted octanol–water partition coefficient (Wildman–Crippen LogP) is 3.69. The molecule has 1 saturated heterocycles. The molecule has 0 bridgehead atoms. The van der Waals surface area contributed by atoms with Crippen molar-refractivity contribution in [2.24, 2.45) is 0 Å². The van der Waals surface area contributed by atoms with Gasteiger partial charge >= 0.3 is 0 Å². The highest BCUT2D eigenvalue weighted by molar-refractivity contribution is 6.30. The van der Waals surface area contributed by atoms with Crippen molar-refractivity contribution in [1.29, 1.82) is 0 Å². The maximum atomic E-state index is 13.1. The summed E-state index contributed by atoms with van der Waals surface area (Å²) in [7, 11) is 0. The molecule has 0 N–H and O–H groups in total. The summed E-state index contributed by atoms with van der Waals surface area (Å²) in [5.74, 6) is 0.598. The van der Waals surface area contributed by atoms with E-state index in [0.29, 0.717) is 30.7 Å². The van der Waals surface area contributed by atoms with Gasteiger partial charge in [-0.25, -0.2) is 14.6 Å². The summed E-state index contributed by atoms with van der Waals surface area (Å²) in [6.45, 7) is 9.35. The van der Waals surface area contributed by atoms with Gasteiger partial charge in [-0.15, -0.1) is 0 Å². The van der Waals surface area contributed by atoms with E-state index >= 15 is 0 Å². The molecule has 1 atom stereocenters. The van der Waals surface area contributed by atoms with Crippen molar-refractivity contribution < 1.29 is 9.53 Å². The minimum atomic E-state index is -0.149. The van der Waals surface area contributed by atoms with Gasteiger partial charge in [0.05, 0.1) is 25.3 Å². The lowest BCUT2D eigenvalue weighted by Crippen LogP contribution is -2.43. The minimum Gasteiger partial charge on any atom is -0.370 e. The van der Waals surface area contributed by atoms with Crippen LogP contribution in [0.5, 0.6) is 0 Å². The number of morpholine rings is 1. The minimum absolute atomic E-state index is 0.0642. The number of hydrogen-bond donors (Lipinski definition) is 0. The number of carbonyl (C=O) groups excluding carboxylic acids is 1. The number of nitrogens with zero attached hydrogens (tertiary/aromatic N) is 5. The first-order valence-corrected chi connectivity index (χ1v) is 10.7. The Balaban J connectivity index is 1.52. The first kappa shape index (κ1) is 21.5. The topological polar surface area (TPSA) is 73.1 Å². The Morgan fingerprint density at radius 1 is 1.13 bits per heavy atom. The molecular formula is C23H26ClN5O2. The Kier molecular flexibility index (Phi) is 6.07. The van der Waals surface area contributed by atoms with Gasteiger partial charge in [-0.05, 0) is 51.5 Å². The SMILES string of the molecule is Cc1cc(C)nc(-n2nc(C)c(CC(=O)N3CCOC(c4ccc(Cl)cc4)C3)c2C)n1. The van der Waals surface area contributed by atoms with E-state index in [1.807, 2.05) is 62.9 Å². The Bertz CT molecular complexity index is 1090. The molecule has 3 aromatic rings. The van der Waals surface area contributed by atoms with Gasteiger partial charge in [0.25, 0.3) is 5.95 Å². The predicted molar refractivity (Wildman–Crippen MR) is 119 cm³/mol. The van der Waals surface area contributed by atoms with Crippen LogP contribution in [0, 0.1) is 27.7 Å². The Morgan fingerprint density at radius 2 is 1.81 bits per heavy atom. The molecule has 1 aromatic carbocycles. The van der Waals surface area contributed by atoms with Gasteiger partial charge in [-0.3, -0.25) is 4.79 Å². The zero-order chi connectivity index (χ0) is 22.1. The standard InChI is InChI=1S/C23H26ClN5O2/c1-14-11-15(2)26-23(25-14)29-17(4)20(16(3)27-29)12-22(30)28-9-10-31-21(13-28)18-5-7-19(24)8-6-18/h5-8,11,21H,9-10,12-13H2,1-4H3. The van der Waals surface area contributed by atoms with Crippen LogP contribution in [0.15, 0.2) is 30.3 Å². The molecule has 1 aliphatic heterocycles. The van der Waals surface area contributed by atoms with Gasteiger partial charge in [-0.2, -0.15) is 5.10 Å². The van der Waals surface area contributed by atoms with Gasteiger partial charge in [0.1, 0.15) is 6.10 Å². The van der Waals surface area contributed by atoms with E-state index in [2.05, 4.69) is 15.1 Å². The number of benzene rings is 1. The van der Waals surface area contributed by atoms with Gasteiger partial charge in [0.2, 0.25) is 5.91 Å². The van der Waals surface area contributed by atoms with Crippen molar-refractivity contribution in [3.05, 3.63) is 69.3 Å². The summed E-state index contributed by atoms with van der Waals surface area (Å²) in [5.41, 5.74) is 5.41. The number of rotatable bonds is 4. The quantitative estimate of drug-likeness (QED) is 0.619. The monoisotopic (exact) mass is 439 g/mol. The fourth-order valence-corrected chi connectivity index (χ4v) is 4.07. The molecule has 31 heavy (non-hydrogen) atoms. The van der Waals surface area contributed by atoms with Crippen LogP contribution in [0.2, 0.25) is 5.02 Å². The van der Waals surface area contributed by atoms with Crippen LogP contribution in [0.1, 0.15) is 40.0 Å². The molecule has 3 heterocycles. The summed E-state index contributed by atoms with van der Waals surface area (Å²) in [6.07, 6.45) is 0.138. The maximum Gasteiger partial charge on any atom is 0.251 e. The molecule has 0 radical (unpaired) electrons. The number of carbonyl (C=O) groups is 1.